The van der Waals surface area contributed by atoms with Gasteiger partial charge in [-0.05, 0) is 42.5 Å². The smallest absolute Gasteiger partial charge is 0.259 e. The van der Waals surface area contributed by atoms with E-state index in [0.29, 0.717) is 22.0 Å². The monoisotopic (exact) mass is 363 g/mol. The minimum Gasteiger partial charge on any atom is -0.480 e. The average Bonchev–Trinajstić information content (AvgIpc) is 2.48. The van der Waals surface area contributed by atoms with E-state index in [1.807, 2.05) is 0 Å². The van der Waals surface area contributed by atoms with Gasteiger partial charge < -0.3 is 10.1 Å². The van der Waals surface area contributed by atoms with Crippen LogP contribution in [0.1, 0.15) is 10.4 Å². The second-order valence-corrected chi connectivity index (χ2v) is 5.45. The molecule has 2 aromatic rings. The Morgan fingerprint density at radius 1 is 1.29 bits per heavy atom. The van der Waals surface area contributed by atoms with Crippen molar-refractivity contribution in [1.29, 1.82) is 0 Å². The molecule has 0 aliphatic heterocycles. The van der Waals surface area contributed by atoms with Gasteiger partial charge in [0.2, 0.25) is 0 Å². The summed E-state index contributed by atoms with van der Waals surface area (Å²) in [6.07, 6.45) is 5.17. The Kier molecular flexibility index (Phi) is 5.26. The molecule has 0 spiro atoms. The van der Waals surface area contributed by atoms with Crippen molar-refractivity contribution in [3.63, 3.8) is 0 Å². The Hall–Kier alpha value is -1.96. The largest absolute Gasteiger partial charge is 0.480 e. The van der Waals surface area contributed by atoms with Crippen molar-refractivity contribution in [3.8, 4) is 18.1 Å². The number of halogens is 2. The normalized spacial score (nSPS) is 9.76. The number of benzene rings is 2. The van der Waals surface area contributed by atoms with Gasteiger partial charge in [0.15, 0.2) is 0 Å². The zero-order valence-corrected chi connectivity index (χ0v) is 13.2. The maximum Gasteiger partial charge on any atom is 0.259 e. The highest BCUT2D eigenvalue weighted by atomic mass is 79.9. The van der Waals surface area contributed by atoms with Crippen LogP contribution in [-0.2, 0) is 0 Å². The summed E-state index contributed by atoms with van der Waals surface area (Å²) >= 11 is 9.15. The first kappa shape index (κ1) is 15.4. The third-order valence-electron chi connectivity index (χ3n) is 2.60. The Labute approximate surface area is 136 Å². The van der Waals surface area contributed by atoms with Crippen LogP contribution in [-0.4, -0.2) is 12.5 Å². The molecule has 0 fully saturated rings. The maximum atomic E-state index is 12.3. The van der Waals surface area contributed by atoms with E-state index in [2.05, 4.69) is 27.2 Å². The van der Waals surface area contributed by atoms with E-state index in [1.54, 1.807) is 42.5 Å². The molecule has 5 heteroatoms. The van der Waals surface area contributed by atoms with Crippen LogP contribution in [0.3, 0.4) is 0 Å². The molecule has 1 N–H and O–H groups in total. The van der Waals surface area contributed by atoms with E-state index in [-0.39, 0.29) is 12.5 Å². The summed E-state index contributed by atoms with van der Waals surface area (Å²) in [6.45, 7) is 0.100. The molecule has 0 unspecified atom stereocenters. The second-order valence-electron chi connectivity index (χ2n) is 4.09. The van der Waals surface area contributed by atoms with E-state index in [4.69, 9.17) is 22.8 Å². The quantitative estimate of drug-likeness (QED) is 0.818. The van der Waals surface area contributed by atoms with Crippen LogP contribution in [0, 0.1) is 12.3 Å². The third-order valence-corrected chi connectivity index (χ3v) is 3.34. The molecule has 0 saturated heterocycles. The van der Waals surface area contributed by atoms with Crippen LogP contribution >= 0.6 is 27.5 Å². The van der Waals surface area contributed by atoms with Crippen molar-refractivity contribution >= 4 is 39.1 Å². The van der Waals surface area contributed by atoms with E-state index in [9.17, 15) is 4.79 Å². The first-order valence-electron chi connectivity index (χ1n) is 6.03. The molecule has 2 rings (SSSR count). The molecule has 2 aromatic carbocycles. The van der Waals surface area contributed by atoms with Crippen molar-refractivity contribution in [2.75, 3.05) is 11.9 Å². The summed E-state index contributed by atoms with van der Waals surface area (Å²) in [7, 11) is 0. The molecule has 3 nitrogen and oxygen atoms in total. The fraction of sp³-hybridized carbons (Fsp3) is 0.0625. The highest BCUT2D eigenvalue weighted by molar-refractivity contribution is 9.10. The fourth-order valence-corrected chi connectivity index (χ4v) is 2.14. The van der Waals surface area contributed by atoms with Gasteiger partial charge in [-0.1, -0.05) is 33.5 Å². The van der Waals surface area contributed by atoms with Crippen LogP contribution in [0.5, 0.6) is 5.75 Å². The molecule has 21 heavy (non-hydrogen) atoms. The van der Waals surface area contributed by atoms with Crippen LogP contribution in [0.25, 0.3) is 0 Å². The van der Waals surface area contributed by atoms with E-state index < -0.39 is 0 Å². The van der Waals surface area contributed by atoms with Gasteiger partial charge in [0.1, 0.15) is 12.4 Å². The molecule has 0 radical (unpaired) electrons. The highest BCUT2D eigenvalue weighted by Crippen LogP contribution is 2.24. The van der Waals surface area contributed by atoms with Crippen molar-refractivity contribution in [1.82, 2.24) is 0 Å². The van der Waals surface area contributed by atoms with E-state index in [1.165, 1.54) is 0 Å². The topological polar surface area (TPSA) is 38.3 Å². The lowest BCUT2D eigenvalue weighted by Gasteiger charge is -2.11. The number of hydrogen-bond acceptors (Lipinski definition) is 2. The minimum atomic E-state index is -0.286. The van der Waals surface area contributed by atoms with Crippen molar-refractivity contribution < 1.29 is 9.53 Å². The zero-order chi connectivity index (χ0) is 15.2. The Bertz CT molecular complexity index is 692. The first-order valence-corrected chi connectivity index (χ1v) is 7.20. The van der Waals surface area contributed by atoms with Crippen molar-refractivity contribution in [2.24, 2.45) is 0 Å². The van der Waals surface area contributed by atoms with Gasteiger partial charge in [-0.2, -0.15) is 0 Å². The molecule has 0 aliphatic rings. The molecule has 0 aliphatic carbocycles. The lowest BCUT2D eigenvalue weighted by Crippen LogP contribution is -2.13. The number of rotatable bonds is 4. The predicted octanol–water partition coefficient (Wildman–Crippen LogP) is 4.37. The second kappa shape index (κ2) is 7.16. The number of nitrogens with one attached hydrogen (secondary N) is 1. The van der Waals surface area contributed by atoms with Crippen LogP contribution < -0.4 is 10.1 Å². The lowest BCUT2D eigenvalue weighted by molar-refractivity contribution is 0.102. The number of terminal acetylenes is 1. The number of amides is 1. The summed E-state index contributed by atoms with van der Waals surface area (Å²) in [6, 6.07) is 12.0. The molecule has 106 valence electrons. The maximum absolute atomic E-state index is 12.3. The standard InChI is InChI=1S/C16H11BrClNO2/c1-2-9-21-15-8-3-11(17)10-14(15)16(20)19-13-6-4-12(18)5-7-13/h1,3-8,10H,9H2,(H,19,20). The molecular weight excluding hydrogens is 354 g/mol. The average molecular weight is 365 g/mol. The molecule has 0 aromatic heterocycles. The predicted molar refractivity (Wildman–Crippen MR) is 87.9 cm³/mol. The summed E-state index contributed by atoms with van der Waals surface area (Å²) in [5, 5.41) is 3.38. The van der Waals surface area contributed by atoms with Gasteiger partial charge in [0.25, 0.3) is 5.91 Å². The number of hydrogen-bond donors (Lipinski definition) is 1. The van der Waals surface area contributed by atoms with Gasteiger partial charge in [-0.15, -0.1) is 6.42 Å². The Balaban J connectivity index is 2.23. The molecule has 0 saturated carbocycles. The molecule has 0 bridgehead atoms. The Morgan fingerprint density at radius 3 is 2.67 bits per heavy atom. The van der Waals surface area contributed by atoms with Gasteiger partial charge in [-0.3, -0.25) is 4.79 Å². The molecular formula is C16H11BrClNO2. The minimum absolute atomic E-state index is 0.100. The fourth-order valence-electron chi connectivity index (χ4n) is 1.66. The summed E-state index contributed by atoms with van der Waals surface area (Å²) in [5.41, 5.74) is 1.04. The molecule has 0 atom stereocenters. The summed E-state index contributed by atoms with van der Waals surface area (Å²) < 4.78 is 6.16. The lowest BCUT2D eigenvalue weighted by atomic mass is 10.2. The number of carbonyl (C=O) groups excluding carboxylic acids is 1. The van der Waals surface area contributed by atoms with Crippen LogP contribution in [0.4, 0.5) is 5.69 Å². The molecule has 1 amide bonds. The van der Waals surface area contributed by atoms with Crippen LogP contribution in [0.15, 0.2) is 46.9 Å². The SMILES string of the molecule is C#CCOc1ccc(Br)cc1C(=O)Nc1ccc(Cl)cc1. The van der Waals surface area contributed by atoms with Crippen molar-refractivity contribution in [3.05, 3.63) is 57.5 Å². The van der Waals surface area contributed by atoms with E-state index in [0.717, 1.165) is 4.47 Å². The molecule has 0 heterocycles. The van der Waals surface area contributed by atoms with Gasteiger partial charge >= 0.3 is 0 Å². The van der Waals surface area contributed by atoms with Gasteiger partial charge in [-0.25, -0.2) is 0 Å². The zero-order valence-electron chi connectivity index (χ0n) is 10.9. The van der Waals surface area contributed by atoms with Gasteiger partial charge in [0, 0.05) is 15.2 Å². The first-order chi connectivity index (χ1) is 10.1. The Morgan fingerprint density at radius 2 is 2.00 bits per heavy atom. The summed E-state index contributed by atoms with van der Waals surface area (Å²) in [4.78, 5) is 12.3. The number of anilines is 1. The van der Waals surface area contributed by atoms with Crippen LogP contribution in [0.2, 0.25) is 5.02 Å². The highest BCUT2D eigenvalue weighted by Gasteiger charge is 2.13. The summed E-state index contributed by atoms with van der Waals surface area (Å²) in [5.74, 6) is 2.52. The number of ether oxygens (including phenoxy) is 1. The van der Waals surface area contributed by atoms with Crippen molar-refractivity contribution in [2.45, 2.75) is 0 Å². The van der Waals surface area contributed by atoms with E-state index >= 15 is 0 Å². The van der Waals surface area contributed by atoms with Gasteiger partial charge in [0.05, 0.1) is 5.56 Å². The number of carbonyl (C=O) groups is 1. The third kappa shape index (κ3) is 4.25.